The summed E-state index contributed by atoms with van der Waals surface area (Å²) in [4.78, 5) is 24.1. The molecular weight excluding hydrogens is 253 g/mol. The number of anilines is 1. The fraction of sp³-hybridized carbons (Fsp3) is 0.333. The number of likely N-dealkylation sites (N-methyl/N-ethyl adjacent to an activating group) is 2. The number of carbonyl (C=O) groups is 2. The topological polar surface area (TPSA) is 81.7 Å². The molecule has 0 heterocycles. The van der Waals surface area contributed by atoms with E-state index in [0.29, 0.717) is 13.1 Å². The molecule has 0 unspecified atom stereocenters. The van der Waals surface area contributed by atoms with Gasteiger partial charge in [-0.1, -0.05) is 6.07 Å². The van der Waals surface area contributed by atoms with Gasteiger partial charge in [0.15, 0.2) is 0 Å². The molecule has 0 aliphatic carbocycles. The number of amides is 2. The van der Waals surface area contributed by atoms with E-state index in [-0.39, 0.29) is 5.69 Å². The second kappa shape index (κ2) is 6.69. The maximum atomic E-state index is 13.4. The van der Waals surface area contributed by atoms with Crippen LogP contribution in [0.1, 0.15) is 10.4 Å². The van der Waals surface area contributed by atoms with Crippen LogP contribution in [0.15, 0.2) is 18.2 Å². The highest BCUT2D eigenvalue weighted by Gasteiger charge is 2.18. The normalized spacial score (nSPS) is 10.1. The number of hydrogen-bond acceptors (Lipinski definition) is 3. The summed E-state index contributed by atoms with van der Waals surface area (Å²) >= 11 is 0. The highest BCUT2D eigenvalue weighted by molar-refractivity contribution is 6.00. The van der Waals surface area contributed by atoms with Crippen molar-refractivity contribution in [3.05, 3.63) is 29.6 Å². The van der Waals surface area contributed by atoms with Gasteiger partial charge in [-0.05, 0) is 19.2 Å². The van der Waals surface area contributed by atoms with Crippen molar-refractivity contribution in [2.75, 3.05) is 32.5 Å². The molecule has 0 aliphatic rings. The van der Waals surface area contributed by atoms with Crippen molar-refractivity contribution in [1.82, 2.24) is 10.2 Å². The van der Waals surface area contributed by atoms with Gasteiger partial charge in [-0.25, -0.2) is 14.0 Å². The number of halogens is 1. The van der Waals surface area contributed by atoms with Crippen LogP contribution in [-0.2, 0) is 0 Å². The zero-order chi connectivity index (χ0) is 14.4. The molecule has 0 aromatic heterocycles. The number of carboxylic acid groups (broad SMARTS) is 1. The standard InChI is InChI=1S/C12H16FN3O3/c1-14-6-7-16(2)12(19)15-9-5-3-4-8(13)10(9)11(17)18/h3-5,14H,6-7H2,1-2H3,(H,15,19)(H,17,18). The quantitative estimate of drug-likeness (QED) is 0.750. The molecule has 104 valence electrons. The Balaban J connectivity index is 2.85. The van der Waals surface area contributed by atoms with E-state index in [1.165, 1.54) is 17.0 Å². The van der Waals surface area contributed by atoms with E-state index in [9.17, 15) is 14.0 Å². The molecule has 0 bridgehead atoms. The van der Waals surface area contributed by atoms with E-state index in [4.69, 9.17) is 5.11 Å². The van der Waals surface area contributed by atoms with E-state index >= 15 is 0 Å². The average molecular weight is 269 g/mol. The molecule has 19 heavy (non-hydrogen) atoms. The molecular formula is C12H16FN3O3. The smallest absolute Gasteiger partial charge is 0.340 e. The number of rotatable bonds is 5. The Hall–Kier alpha value is -2.15. The van der Waals surface area contributed by atoms with Crippen LogP contribution in [-0.4, -0.2) is 49.2 Å². The van der Waals surface area contributed by atoms with Crippen molar-refractivity contribution in [3.63, 3.8) is 0 Å². The largest absolute Gasteiger partial charge is 0.478 e. The summed E-state index contributed by atoms with van der Waals surface area (Å²) in [5.41, 5.74) is -0.605. The highest BCUT2D eigenvalue weighted by atomic mass is 19.1. The van der Waals surface area contributed by atoms with Crippen LogP contribution >= 0.6 is 0 Å². The number of carboxylic acids is 1. The monoisotopic (exact) mass is 269 g/mol. The predicted molar refractivity (Wildman–Crippen MR) is 68.9 cm³/mol. The van der Waals surface area contributed by atoms with Crippen molar-refractivity contribution in [1.29, 1.82) is 0 Å². The zero-order valence-electron chi connectivity index (χ0n) is 10.7. The van der Waals surface area contributed by atoms with Crippen LogP contribution < -0.4 is 10.6 Å². The summed E-state index contributed by atoms with van der Waals surface area (Å²) in [5.74, 6) is -2.31. The Bertz CT molecular complexity index is 479. The van der Waals surface area contributed by atoms with E-state index in [2.05, 4.69) is 10.6 Å². The molecule has 0 aliphatic heterocycles. The summed E-state index contributed by atoms with van der Waals surface area (Å²) < 4.78 is 13.4. The van der Waals surface area contributed by atoms with Crippen LogP contribution in [0, 0.1) is 5.82 Å². The molecule has 3 N–H and O–H groups in total. The first-order chi connectivity index (χ1) is 8.97. The van der Waals surface area contributed by atoms with Crippen LogP contribution in [0.4, 0.5) is 14.9 Å². The van der Waals surface area contributed by atoms with Crippen LogP contribution in [0.2, 0.25) is 0 Å². The second-order valence-electron chi connectivity index (χ2n) is 3.92. The van der Waals surface area contributed by atoms with Crippen molar-refractivity contribution in [3.8, 4) is 0 Å². The van der Waals surface area contributed by atoms with Crippen molar-refractivity contribution in [2.45, 2.75) is 0 Å². The number of nitrogens with one attached hydrogen (secondary N) is 2. The van der Waals surface area contributed by atoms with Crippen LogP contribution in [0.3, 0.4) is 0 Å². The molecule has 0 atom stereocenters. The highest BCUT2D eigenvalue weighted by Crippen LogP contribution is 2.19. The van der Waals surface area contributed by atoms with Gasteiger partial charge in [-0.3, -0.25) is 0 Å². The van der Waals surface area contributed by atoms with Crippen molar-refractivity contribution >= 4 is 17.7 Å². The lowest BCUT2D eigenvalue weighted by molar-refractivity contribution is 0.0693. The molecule has 0 fully saturated rings. The van der Waals surface area contributed by atoms with Gasteiger partial charge < -0.3 is 20.6 Å². The summed E-state index contributed by atoms with van der Waals surface area (Å²) in [5, 5.41) is 14.2. The number of benzene rings is 1. The Kier molecular flexibility index (Phi) is 5.25. The van der Waals surface area contributed by atoms with Gasteiger partial charge in [0, 0.05) is 20.1 Å². The van der Waals surface area contributed by atoms with Gasteiger partial charge >= 0.3 is 12.0 Å². The molecule has 0 saturated heterocycles. The molecule has 0 saturated carbocycles. The number of carbonyl (C=O) groups excluding carboxylic acids is 1. The summed E-state index contributed by atoms with van der Waals surface area (Å²) in [6.45, 7) is 1.04. The SMILES string of the molecule is CNCCN(C)C(=O)Nc1cccc(F)c1C(=O)O. The lowest BCUT2D eigenvalue weighted by Crippen LogP contribution is -2.36. The van der Waals surface area contributed by atoms with Gasteiger partial charge in [0.2, 0.25) is 0 Å². The summed E-state index contributed by atoms with van der Waals surface area (Å²) in [6, 6.07) is 3.22. The predicted octanol–water partition coefficient (Wildman–Crippen LogP) is 1.21. The fourth-order valence-corrected chi connectivity index (χ4v) is 1.44. The third-order valence-electron chi connectivity index (χ3n) is 2.51. The molecule has 6 nitrogen and oxygen atoms in total. The molecule has 1 rings (SSSR count). The Morgan fingerprint density at radius 2 is 2.11 bits per heavy atom. The first-order valence-electron chi connectivity index (χ1n) is 5.66. The number of urea groups is 1. The molecule has 1 aromatic carbocycles. The molecule has 7 heteroatoms. The van der Waals surface area contributed by atoms with E-state index in [0.717, 1.165) is 6.07 Å². The molecule has 0 radical (unpaired) electrons. The van der Waals surface area contributed by atoms with E-state index in [1.54, 1.807) is 14.1 Å². The first-order valence-corrected chi connectivity index (χ1v) is 5.66. The third-order valence-corrected chi connectivity index (χ3v) is 2.51. The summed E-state index contributed by atoms with van der Waals surface area (Å²) in [7, 11) is 3.31. The molecule has 2 amide bonds. The summed E-state index contributed by atoms with van der Waals surface area (Å²) in [6.07, 6.45) is 0. The van der Waals surface area contributed by atoms with Gasteiger partial charge in [0.25, 0.3) is 0 Å². The Morgan fingerprint density at radius 3 is 2.68 bits per heavy atom. The van der Waals surface area contributed by atoms with Gasteiger partial charge in [-0.15, -0.1) is 0 Å². The van der Waals surface area contributed by atoms with Gasteiger partial charge in [0.1, 0.15) is 11.4 Å². The maximum absolute atomic E-state index is 13.4. The Labute approximate surface area is 110 Å². The van der Waals surface area contributed by atoms with Crippen LogP contribution in [0.25, 0.3) is 0 Å². The fourth-order valence-electron chi connectivity index (χ4n) is 1.44. The van der Waals surface area contributed by atoms with Crippen LogP contribution in [0.5, 0.6) is 0 Å². The Morgan fingerprint density at radius 1 is 1.42 bits per heavy atom. The molecule has 1 aromatic rings. The van der Waals surface area contributed by atoms with Crippen molar-refractivity contribution < 1.29 is 19.1 Å². The minimum atomic E-state index is -1.42. The number of nitrogens with zero attached hydrogens (tertiary/aromatic N) is 1. The van der Waals surface area contributed by atoms with Crippen molar-refractivity contribution in [2.24, 2.45) is 0 Å². The number of aromatic carboxylic acids is 1. The van der Waals surface area contributed by atoms with Gasteiger partial charge in [-0.2, -0.15) is 0 Å². The van der Waals surface area contributed by atoms with E-state index < -0.39 is 23.4 Å². The molecule has 0 spiro atoms. The zero-order valence-corrected chi connectivity index (χ0v) is 10.7. The van der Waals surface area contributed by atoms with Gasteiger partial charge in [0.05, 0.1) is 5.69 Å². The van der Waals surface area contributed by atoms with E-state index in [1.807, 2.05) is 0 Å². The minimum Gasteiger partial charge on any atom is -0.478 e. The number of hydrogen-bond donors (Lipinski definition) is 3. The lowest BCUT2D eigenvalue weighted by Gasteiger charge is -2.18. The maximum Gasteiger partial charge on any atom is 0.340 e. The average Bonchev–Trinajstić information content (AvgIpc) is 2.35. The third kappa shape index (κ3) is 3.92. The minimum absolute atomic E-state index is 0.0613. The first kappa shape index (κ1) is 14.9. The lowest BCUT2D eigenvalue weighted by atomic mass is 10.1. The second-order valence-corrected chi connectivity index (χ2v) is 3.92.